The number of carboxylic acids is 2. The summed E-state index contributed by atoms with van der Waals surface area (Å²) in [6.07, 6.45) is -0.0955. The minimum Gasteiger partial charge on any atom is -0.481 e. The molecule has 1 aromatic carbocycles. The average molecular weight is 1540 g/mol. The number of amides is 12. The molecule has 1 aromatic heterocycles. The van der Waals surface area contributed by atoms with Crippen molar-refractivity contribution in [3.63, 3.8) is 0 Å². The molecular weight excluding hydrogens is 1420 g/mol. The van der Waals surface area contributed by atoms with Crippen LogP contribution in [0.25, 0.3) is 10.9 Å². The largest absolute Gasteiger partial charge is 0.481 e. The van der Waals surface area contributed by atoms with Gasteiger partial charge in [0.05, 0.1) is 25.2 Å². The molecule has 0 aliphatic rings. The van der Waals surface area contributed by atoms with E-state index in [-0.39, 0.29) is 114 Å². The molecule has 0 saturated carbocycles. The first-order chi connectivity index (χ1) is 51.2. The smallest absolute Gasteiger partial charge is 0.325 e. The molecule has 0 radical (unpaired) electrons. The molecule has 39 nitrogen and oxygen atoms in total. The van der Waals surface area contributed by atoms with E-state index in [1.807, 2.05) is 45.0 Å². The molecule has 0 aliphatic heterocycles. The monoisotopic (exact) mass is 1540 g/mol. The first-order valence-electron chi connectivity index (χ1n) is 36.7. The molecule has 0 aliphatic carbocycles. The number of aromatic nitrogens is 1. The van der Waals surface area contributed by atoms with Crippen LogP contribution in [0.1, 0.15) is 159 Å². The molecular formula is C70H119N21O18. The lowest BCUT2D eigenvalue weighted by atomic mass is 9.96. The summed E-state index contributed by atoms with van der Waals surface area (Å²) in [6.45, 7) is 16.3. The Balaban J connectivity index is 2.52. The van der Waals surface area contributed by atoms with Crippen LogP contribution in [0.4, 0.5) is 0 Å². The SMILES string of the molecule is CC[C@H](C)[C@H](N)C(=O)N[C@@H](Cc1c[nH]c2ccccc12)C(=O)N[C@@H](CC(C)C)C(=O)N[C@@H](C)C(=O)N[C@@H](CCCN=C(N)N)C(=O)N[C@@H](CCCCN)C(=O)N[C@H](C(=O)N[C@@H](CCCN=C(N)N)C(=O)N[C@@H](CO)C(=O)N[C@@H](CC(=O)O)C(=O)N[C@@H](CC(C)C)C(=O)N[C@H](C(=O)N[C@@H](C)C(=O)O)[C@@H](C)O)[C@@H](C)CC. The third kappa shape index (κ3) is 33.8. The fourth-order valence-corrected chi connectivity index (χ4v) is 11.1. The third-order valence-corrected chi connectivity index (χ3v) is 17.9. The molecule has 109 heavy (non-hydrogen) atoms. The Hall–Kier alpha value is -10.3. The summed E-state index contributed by atoms with van der Waals surface area (Å²) in [6, 6.07) is -12.1. The van der Waals surface area contributed by atoms with E-state index >= 15 is 0 Å². The molecule has 12 amide bonds. The second-order valence-electron chi connectivity index (χ2n) is 28.1. The summed E-state index contributed by atoms with van der Waals surface area (Å²) in [7, 11) is 0. The van der Waals surface area contributed by atoms with Crippen molar-refractivity contribution in [3.05, 3.63) is 36.0 Å². The molecule has 0 saturated heterocycles. The quantitative estimate of drug-likeness (QED) is 0.0168. The number of nitrogens with zero attached hydrogens (tertiary/aromatic N) is 2. The summed E-state index contributed by atoms with van der Waals surface area (Å²) < 4.78 is 0. The summed E-state index contributed by atoms with van der Waals surface area (Å²) in [5, 5.41) is 70.8. The zero-order valence-corrected chi connectivity index (χ0v) is 64.2. The number of nitrogens with two attached hydrogens (primary N) is 6. The van der Waals surface area contributed by atoms with Gasteiger partial charge in [0.25, 0.3) is 0 Å². The standard InChI is InChI=1S/C70H119N21O18/c1-12-36(7)53(72)65(105)88-49(30-41-32-79-43-21-15-14-20-42(41)43)61(101)85-47(28-34(3)4)60(100)80-38(9)56(96)82-45(23-18-26-77-69(73)74)57(97)83-44(22-16-17-25-71)59(99)90-54(37(8)13-2)66(106)84-46(24-19-27-78-70(75)76)58(98)89-51(33-92)64(104)87-50(31-52(94)95)62(102)86-48(29-35(5)6)63(103)91-55(40(11)93)67(107)81-39(10)68(108)109/h14-15,20-21,32,34-40,44-51,53-55,79,92-93H,12-13,16-19,22-31,33,71-72H2,1-11H3,(H,80,100)(H,81,107)(H,82,96)(H,83,97)(H,84,106)(H,85,101)(H,86,102)(H,87,104)(H,88,105)(H,89,98)(H,90,99)(H,91,103)(H,94,95)(H,108,109)(H4,73,74,77)(H4,75,76,78)/t36-,37-,38-,39-,40+,44-,45-,46-,47-,48-,49-,50-,51-,53-,54-,55-/m0/s1. The summed E-state index contributed by atoms with van der Waals surface area (Å²) in [4.78, 5) is 204. The number of aliphatic carboxylic acids is 2. The van der Waals surface area contributed by atoms with Crippen LogP contribution in [0.2, 0.25) is 0 Å². The van der Waals surface area contributed by atoms with Crippen LogP contribution >= 0.6 is 0 Å². The highest BCUT2D eigenvalue weighted by atomic mass is 16.4. The topological polar surface area (TPSA) is 661 Å². The molecule has 0 spiro atoms. The van der Waals surface area contributed by atoms with Crippen LogP contribution in [0.15, 0.2) is 40.4 Å². The van der Waals surface area contributed by atoms with E-state index in [1.54, 1.807) is 40.8 Å². The lowest BCUT2D eigenvalue weighted by Gasteiger charge is -2.30. The number of hydrogen-bond donors (Lipinski definition) is 23. The Bertz CT molecular complexity index is 3430. The van der Waals surface area contributed by atoms with E-state index in [1.165, 1.54) is 6.92 Å². The van der Waals surface area contributed by atoms with Gasteiger partial charge in [-0.1, -0.05) is 86.4 Å². The third-order valence-electron chi connectivity index (χ3n) is 17.9. The number of H-pyrrole nitrogens is 1. The van der Waals surface area contributed by atoms with E-state index < -0.39 is 186 Å². The Labute approximate surface area is 634 Å². The number of aliphatic hydroxyl groups excluding tert-OH is 2. The van der Waals surface area contributed by atoms with Gasteiger partial charge in [0.1, 0.15) is 72.5 Å². The van der Waals surface area contributed by atoms with Crippen LogP contribution in [-0.4, -0.2) is 231 Å². The highest BCUT2D eigenvalue weighted by molar-refractivity contribution is 6.00. The van der Waals surface area contributed by atoms with Gasteiger partial charge in [-0.25, -0.2) is 0 Å². The number of carbonyl (C=O) groups excluding carboxylic acids is 12. The predicted molar refractivity (Wildman–Crippen MR) is 404 cm³/mol. The lowest BCUT2D eigenvalue weighted by molar-refractivity contribution is -0.142. The van der Waals surface area contributed by atoms with Crippen LogP contribution in [-0.2, 0) is 73.5 Å². The summed E-state index contributed by atoms with van der Waals surface area (Å²) >= 11 is 0. The van der Waals surface area contributed by atoms with Gasteiger partial charge in [0.2, 0.25) is 70.9 Å². The Morgan fingerprint density at radius 3 is 1.35 bits per heavy atom. The van der Waals surface area contributed by atoms with Crippen LogP contribution < -0.4 is 98.2 Å². The van der Waals surface area contributed by atoms with Crippen LogP contribution in [0.3, 0.4) is 0 Å². The fraction of sp³-hybridized carbons (Fsp3) is 0.657. The van der Waals surface area contributed by atoms with Gasteiger partial charge in [0, 0.05) is 36.6 Å². The number of nitrogens with one attached hydrogen (secondary N) is 13. The fourth-order valence-electron chi connectivity index (χ4n) is 11.1. The predicted octanol–water partition coefficient (Wildman–Crippen LogP) is -4.75. The van der Waals surface area contributed by atoms with Crippen molar-refractivity contribution in [3.8, 4) is 0 Å². The molecule has 0 bridgehead atoms. The van der Waals surface area contributed by atoms with E-state index in [0.29, 0.717) is 18.4 Å². The van der Waals surface area contributed by atoms with Crippen molar-refractivity contribution in [1.82, 2.24) is 68.8 Å². The maximum Gasteiger partial charge on any atom is 0.325 e. The Morgan fingerprint density at radius 1 is 0.459 bits per heavy atom. The second kappa shape index (κ2) is 48.2. The Morgan fingerprint density at radius 2 is 0.862 bits per heavy atom. The van der Waals surface area contributed by atoms with Crippen LogP contribution in [0.5, 0.6) is 0 Å². The number of hydrogen-bond acceptors (Lipinski definition) is 20. The number of rotatable bonds is 51. The number of aromatic amines is 1. The van der Waals surface area contributed by atoms with Crippen molar-refractivity contribution in [2.45, 2.75) is 244 Å². The van der Waals surface area contributed by atoms with E-state index in [4.69, 9.17) is 34.4 Å². The molecule has 39 heteroatoms. The van der Waals surface area contributed by atoms with E-state index in [9.17, 15) is 87.5 Å². The van der Waals surface area contributed by atoms with E-state index in [2.05, 4.69) is 78.8 Å². The van der Waals surface area contributed by atoms with Gasteiger partial charge in [-0.3, -0.25) is 77.1 Å². The second-order valence-corrected chi connectivity index (χ2v) is 28.1. The number of carbonyl (C=O) groups is 14. The summed E-state index contributed by atoms with van der Waals surface area (Å²) in [5.74, 6) is -16.8. The molecule has 612 valence electrons. The van der Waals surface area contributed by atoms with Gasteiger partial charge in [0.15, 0.2) is 11.9 Å². The number of para-hydroxylation sites is 1. The van der Waals surface area contributed by atoms with Crippen molar-refractivity contribution in [1.29, 1.82) is 0 Å². The van der Waals surface area contributed by atoms with Gasteiger partial charge in [-0.05, 0) is 120 Å². The van der Waals surface area contributed by atoms with Crippen molar-refractivity contribution in [2.75, 3.05) is 26.2 Å². The maximum absolute atomic E-state index is 14.7. The zero-order chi connectivity index (χ0) is 82.5. The molecule has 2 aromatic rings. The minimum absolute atomic E-state index is 0.0102. The maximum atomic E-state index is 14.7. The summed E-state index contributed by atoms with van der Waals surface area (Å²) in [5.41, 5.74) is 35.9. The number of benzene rings is 1. The molecule has 2 rings (SSSR count). The number of guanidine groups is 2. The number of aliphatic hydroxyl groups is 2. The molecule has 29 N–H and O–H groups in total. The number of aliphatic imine (C=N–C) groups is 2. The number of carboxylic acid groups (broad SMARTS) is 2. The number of unbranched alkanes of at least 4 members (excludes halogenated alkanes) is 1. The molecule has 0 fully saturated rings. The minimum atomic E-state index is -2.02. The lowest BCUT2D eigenvalue weighted by Crippen LogP contribution is -2.62. The van der Waals surface area contributed by atoms with Crippen molar-refractivity contribution >= 4 is 106 Å². The number of fused-ring (bicyclic) bond motifs is 1. The molecule has 1 heterocycles. The van der Waals surface area contributed by atoms with Crippen molar-refractivity contribution in [2.24, 2.45) is 68.1 Å². The van der Waals surface area contributed by atoms with Gasteiger partial charge < -0.3 is 124 Å². The van der Waals surface area contributed by atoms with Crippen LogP contribution in [0, 0.1) is 23.7 Å². The van der Waals surface area contributed by atoms with Gasteiger partial charge in [-0.2, -0.15) is 0 Å². The average Bonchev–Trinajstić information content (AvgIpc) is 1.73. The van der Waals surface area contributed by atoms with Gasteiger partial charge >= 0.3 is 11.9 Å². The van der Waals surface area contributed by atoms with Crippen molar-refractivity contribution < 1.29 is 87.5 Å². The first kappa shape index (κ1) is 94.8. The molecule has 16 atom stereocenters. The molecule has 0 unspecified atom stereocenters. The first-order valence-corrected chi connectivity index (χ1v) is 36.7. The highest BCUT2D eigenvalue weighted by Crippen LogP contribution is 2.21. The van der Waals surface area contributed by atoms with Gasteiger partial charge in [-0.15, -0.1) is 0 Å². The highest BCUT2D eigenvalue weighted by Gasteiger charge is 2.39. The van der Waals surface area contributed by atoms with E-state index in [0.717, 1.165) is 24.8 Å². The normalized spacial score (nSPS) is 15.7. The Kier molecular flexibility index (Phi) is 41.9. The zero-order valence-electron chi connectivity index (χ0n) is 64.2.